The number of thiophene rings is 1. The summed E-state index contributed by atoms with van der Waals surface area (Å²) in [4.78, 5) is 1.39. The van der Waals surface area contributed by atoms with Crippen LogP contribution in [0.5, 0.6) is 0 Å². The number of rotatable bonds is 5. The molecule has 5 nitrogen and oxygen atoms in total. The number of nitrogen functional groups attached to an aromatic ring is 1. The Bertz CT molecular complexity index is 710. The minimum atomic E-state index is -3.47. The minimum Gasteiger partial charge on any atom is -0.397 e. The zero-order valence-electron chi connectivity index (χ0n) is 12.2. The van der Waals surface area contributed by atoms with Gasteiger partial charge in [0.15, 0.2) is 0 Å². The van der Waals surface area contributed by atoms with Gasteiger partial charge in [0.1, 0.15) is 0 Å². The van der Waals surface area contributed by atoms with E-state index in [1.807, 2.05) is 24.4 Å². The molecule has 3 N–H and O–H groups in total. The maximum absolute atomic E-state index is 12.2. The first-order valence-corrected chi connectivity index (χ1v) is 8.76. The molecule has 0 aliphatic heterocycles. The van der Waals surface area contributed by atoms with Crippen LogP contribution >= 0.6 is 11.3 Å². The third-order valence-corrected chi connectivity index (χ3v) is 6.01. The van der Waals surface area contributed by atoms with Gasteiger partial charge in [-0.2, -0.15) is 0 Å². The van der Waals surface area contributed by atoms with Crippen LogP contribution in [0.25, 0.3) is 0 Å². The van der Waals surface area contributed by atoms with Crippen molar-refractivity contribution in [3.8, 4) is 0 Å². The Balaban J connectivity index is 2.32. The Labute approximate surface area is 129 Å². The number of nitrogens with zero attached hydrogens (tertiary/aromatic N) is 1. The summed E-state index contributed by atoms with van der Waals surface area (Å²) in [5.41, 5.74) is 7.09. The van der Waals surface area contributed by atoms with Gasteiger partial charge < -0.3 is 11.1 Å². The van der Waals surface area contributed by atoms with Crippen LogP contribution in [0.1, 0.15) is 17.8 Å². The van der Waals surface area contributed by atoms with Gasteiger partial charge in [0.05, 0.1) is 22.3 Å². The van der Waals surface area contributed by atoms with E-state index < -0.39 is 10.0 Å². The van der Waals surface area contributed by atoms with E-state index in [-0.39, 0.29) is 10.9 Å². The predicted octanol–water partition coefficient (Wildman–Crippen LogP) is 2.75. The SMILES string of the molecule is CC(Nc1cc(S(=O)(=O)N(C)C)ccc1N)c1cccs1. The first-order chi connectivity index (χ1) is 9.82. The molecule has 0 amide bonds. The van der Waals surface area contributed by atoms with Crippen molar-refractivity contribution in [3.05, 3.63) is 40.6 Å². The third-order valence-electron chi connectivity index (χ3n) is 3.15. The summed E-state index contributed by atoms with van der Waals surface area (Å²) in [7, 11) is -0.451. The summed E-state index contributed by atoms with van der Waals surface area (Å²) in [6, 6.07) is 8.78. The Morgan fingerprint density at radius 2 is 2.00 bits per heavy atom. The van der Waals surface area contributed by atoms with E-state index in [9.17, 15) is 8.42 Å². The van der Waals surface area contributed by atoms with Crippen molar-refractivity contribution in [2.24, 2.45) is 0 Å². The number of nitrogens with two attached hydrogens (primary N) is 1. The second kappa shape index (κ2) is 6.05. The van der Waals surface area contributed by atoms with Gasteiger partial charge in [-0.1, -0.05) is 6.07 Å². The van der Waals surface area contributed by atoms with Crippen LogP contribution in [0.4, 0.5) is 11.4 Å². The summed E-state index contributed by atoms with van der Waals surface area (Å²) in [5, 5.41) is 5.27. The lowest BCUT2D eigenvalue weighted by molar-refractivity contribution is 0.521. The largest absolute Gasteiger partial charge is 0.397 e. The molecule has 1 heterocycles. The van der Waals surface area contributed by atoms with Crippen molar-refractivity contribution < 1.29 is 8.42 Å². The van der Waals surface area contributed by atoms with Gasteiger partial charge in [0.2, 0.25) is 10.0 Å². The molecule has 2 rings (SSSR count). The highest BCUT2D eigenvalue weighted by Crippen LogP contribution is 2.29. The van der Waals surface area contributed by atoms with Gasteiger partial charge in [-0.05, 0) is 36.6 Å². The zero-order chi connectivity index (χ0) is 15.6. The molecular weight excluding hydrogens is 306 g/mol. The number of benzene rings is 1. The number of hydrogen-bond acceptors (Lipinski definition) is 5. The van der Waals surface area contributed by atoms with E-state index in [1.165, 1.54) is 24.5 Å². The summed E-state index contributed by atoms with van der Waals surface area (Å²) in [6.07, 6.45) is 0. The molecule has 2 aromatic rings. The molecule has 1 unspecified atom stereocenters. The lowest BCUT2D eigenvalue weighted by Gasteiger charge is -2.18. The van der Waals surface area contributed by atoms with Crippen LogP contribution in [0.15, 0.2) is 40.6 Å². The van der Waals surface area contributed by atoms with Crippen LogP contribution in [-0.2, 0) is 10.0 Å². The Hall–Kier alpha value is -1.57. The normalized spacial score (nSPS) is 13.3. The standard InChI is InChI=1S/C14H19N3O2S2/c1-10(14-5-4-8-20-14)16-13-9-11(6-7-12(13)15)21(18,19)17(2)3/h4-10,16H,15H2,1-3H3. The third kappa shape index (κ3) is 3.37. The van der Waals surface area contributed by atoms with Gasteiger partial charge in [0.25, 0.3) is 0 Å². The lowest BCUT2D eigenvalue weighted by atomic mass is 10.2. The Morgan fingerprint density at radius 1 is 1.29 bits per heavy atom. The van der Waals surface area contributed by atoms with Crippen LogP contribution < -0.4 is 11.1 Å². The number of hydrogen-bond donors (Lipinski definition) is 2. The van der Waals surface area contributed by atoms with Crippen LogP contribution in [0, 0.1) is 0 Å². The van der Waals surface area contributed by atoms with E-state index in [0.29, 0.717) is 11.4 Å². The molecular formula is C14H19N3O2S2. The van der Waals surface area contributed by atoms with Gasteiger partial charge >= 0.3 is 0 Å². The molecule has 0 saturated heterocycles. The second-order valence-corrected chi connectivity index (χ2v) is 8.05. The van der Waals surface area contributed by atoms with Crippen LogP contribution in [0.3, 0.4) is 0 Å². The fourth-order valence-electron chi connectivity index (χ4n) is 1.87. The molecule has 1 aromatic heterocycles. The molecule has 0 aliphatic rings. The highest BCUT2D eigenvalue weighted by Gasteiger charge is 2.19. The highest BCUT2D eigenvalue weighted by atomic mass is 32.2. The van der Waals surface area contributed by atoms with Crippen molar-refractivity contribution in [3.63, 3.8) is 0 Å². The highest BCUT2D eigenvalue weighted by molar-refractivity contribution is 7.89. The Morgan fingerprint density at radius 3 is 2.57 bits per heavy atom. The Kier molecular flexibility index (Phi) is 4.55. The van der Waals surface area contributed by atoms with Crippen molar-refractivity contribution in [2.45, 2.75) is 17.9 Å². The van der Waals surface area contributed by atoms with Gasteiger partial charge in [-0.15, -0.1) is 11.3 Å². The fraction of sp³-hybridized carbons (Fsp3) is 0.286. The summed E-state index contributed by atoms with van der Waals surface area (Å²) in [5.74, 6) is 0. The minimum absolute atomic E-state index is 0.0598. The van der Waals surface area contributed by atoms with Gasteiger partial charge in [0, 0.05) is 19.0 Å². The molecule has 114 valence electrons. The molecule has 0 fully saturated rings. The van der Waals surface area contributed by atoms with Gasteiger partial charge in [-0.3, -0.25) is 0 Å². The van der Waals surface area contributed by atoms with Crippen molar-refractivity contribution >= 4 is 32.7 Å². The van der Waals surface area contributed by atoms with E-state index in [2.05, 4.69) is 5.32 Å². The average molecular weight is 325 g/mol. The van der Waals surface area contributed by atoms with E-state index in [4.69, 9.17) is 5.73 Å². The number of sulfonamides is 1. The maximum atomic E-state index is 12.2. The molecule has 0 spiro atoms. The van der Waals surface area contributed by atoms with E-state index in [0.717, 1.165) is 4.88 Å². The number of anilines is 2. The van der Waals surface area contributed by atoms with Crippen LogP contribution in [-0.4, -0.2) is 26.8 Å². The smallest absolute Gasteiger partial charge is 0.242 e. The summed E-state index contributed by atoms with van der Waals surface area (Å²) >= 11 is 1.64. The molecule has 0 saturated carbocycles. The quantitative estimate of drug-likeness (QED) is 0.829. The number of nitrogens with one attached hydrogen (secondary N) is 1. The first kappa shape index (κ1) is 15.8. The molecule has 1 atom stereocenters. The molecule has 0 radical (unpaired) electrons. The van der Waals surface area contributed by atoms with Crippen LogP contribution in [0.2, 0.25) is 0 Å². The maximum Gasteiger partial charge on any atom is 0.242 e. The first-order valence-electron chi connectivity index (χ1n) is 6.44. The molecule has 21 heavy (non-hydrogen) atoms. The predicted molar refractivity (Wildman–Crippen MR) is 88.1 cm³/mol. The van der Waals surface area contributed by atoms with E-state index >= 15 is 0 Å². The van der Waals surface area contributed by atoms with Crippen molar-refractivity contribution in [1.82, 2.24) is 4.31 Å². The molecule has 0 bridgehead atoms. The summed E-state index contributed by atoms with van der Waals surface area (Å²) in [6.45, 7) is 2.01. The second-order valence-electron chi connectivity index (χ2n) is 4.92. The average Bonchev–Trinajstić information content (AvgIpc) is 2.94. The molecule has 0 aliphatic carbocycles. The fourth-order valence-corrected chi connectivity index (χ4v) is 3.54. The van der Waals surface area contributed by atoms with Crippen molar-refractivity contribution in [1.29, 1.82) is 0 Å². The summed E-state index contributed by atoms with van der Waals surface area (Å²) < 4.78 is 25.5. The van der Waals surface area contributed by atoms with E-state index in [1.54, 1.807) is 23.5 Å². The van der Waals surface area contributed by atoms with Gasteiger partial charge in [-0.25, -0.2) is 12.7 Å². The monoisotopic (exact) mass is 325 g/mol. The topological polar surface area (TPSA) is 75.4 Å². The van der Waals surface area contributed by atoms with Crippen molar-refractivity contribution in [2.75, 3.05) is 25.1 Å². The molecule has 7 heteroatoms. The lowest BCUT2D eigenvalue weighted by Crippen LogP contribution is -2.22. The zero-order valence-corrected chi connectivity index (χ0v) is 13.8. The molecule has 1 aromatic carbocycles.